The molecule has 1 N–H and O–H groups in total. The molecule has 35 heavy (non-hydrogen) atoms. The molecule has 5 nitrogen and oxygen atoms in total. The van der Waals surface area contributed by atoms with Crippen molar-refractivity contribution >= 4 is 22.7 Å². The summed E-state index contributed by atoms with van der Waals surface area (Å²) in [5.74, 6) is -0.331. The Morgan fingerprint density at radius 2 is 1.86 bits per heavy atom. The molecular weight excluding hydrogens is 448 g/mol. The van der Waals surface area contributed by atoms with Crippen LogP contribution in [0.15, 0.2) is 59.4 Å². The van der Waals surface area contributed by atoms with Crippen molar-refractivity contribution in [1.29, 1.82) is 0 Å². The largest absolute Gasteiger partial charge is 0.488 e. The maximum absolute atomic E-state index is 14.0. The Bertz CT molecular complexity index is 1480. The van der Waals surface area contributed by atoms with Gasteiger partial charge in [0.2, 0.25) is 0 Å². The van der Waals surface area contributed by atoms with Gasteiger partial charge >= 0.3 is 5.69 Å². The number of hydrogen-bond donors (Lipinski definition) is 1. The molecule has 0 saturated carbocycles. The lowest BCUT2D eigenvalue weighted by molar-refractivity contribution is 0.305. The van der Waals surface area contributed by atoms with Crippen LogP contribution in [0.4, 0.5) is 8.78 Å². The predicted molar refractivity (Wildman–Crippen MR) is 132 cm³/mol. The summed E-state index contributed by atoms with van der Waals surface area (Å²) < 4.78 is 35.7. The van der Waals surface area contributed by atoms with Gasteiger partial charge in [-0.05, 0) is 72.1 Å². The van der Waals surface area contributed by atoms with Gasteiger partial charge < -0.3 is 14.6 Å². The summed E-state index contributed by atoms with van der Waals surface area (Å²) in [6.45, 7) is 5.12. The zero-order valence-corrected chi connectivity index (χ0v) is 19.4. The third-order valence-electron chi connectivity index (χ3n) is 7.09. The molecule has 3 heterocycles. The number of nitrogens with zero attached hydrogens (tertiary/aromatic N) is 2. The van der Waals surface area contributed by atoms with Crippen molar-refractivity contribution in [3.05, 3.63) is 99.0 Å². The normalized spacial score (nSPS) is 18.9. The molecule has 1 atom stereocenters. The maximum atomic E-state index is 14.0. The molecule has 2 aliphatic heterocycles. The van der Waals surface area contributed by atoms with E-state index in [1.165, 1.54) is 24.3 Å². The van der Waals surface area contributed by atoms with Crippen LogP contribution in [-0.4, -0.2) is 34.1 Å². The number of aromatic amines is 1. The predicted octanol–water partition coefficient (Wildman–Crippen LogP) is 5.36. The van der Waals surface area contributed by atoms with E-state index >= 15 is 0 Å². The van der Waals surface area contributed by atoms with E-state index in [4.69, 9.17) is 4.74 Å². The van der Waals surface area contributed by atoms with Gasteiger partial charge in [0.05, 0.1) is 17.1 Å². The molecule has 7 heteroatoms. The molecule has 0 spiro atoms. The minimum atomic E-state index is -0.394. The van der Waals surface area contributed by atoms with Crippen molar-refractivity contribution in [1.82, 2.24) is 14.5 Å². The maximum Gasteiger partial charge on any atom is 0.326 e. The number of halogens is 2. The Morgan fingerprint density at radius 3 is 2.66 bits per heavy atom. The van der Waals surface area contributed by atoms with Crippen molar-refractivity contribution < 1.29 is 13.5 Å². The van der Waals surface area contributed by atoms with Gasteiger partial charge in [0, 0.05) is 30.3 Å². The molecule has 0 aliphatic carbocycles. The highest BCUT2D eigenvalue weighted by Gasteiger charge is 2.26. The summed E-state index contributed by atoms with van der Waals surface area (Å²) in [7, 11) is 0. The average Bonchev–Trinajstić information content (AvgIpc) is 3.40. The number of ether oxygens (including phenoxy) is 1. The van der Waals surface area contributed by atoms with Crippen molar-refractivity contribution in [2.75, 3.05) is 19.6 Å². The zero-order valence-electron chi connectivity index (χ0n) is 19.4. The van der Waals surface area contributed by atoms with Crippen LogP contribution in [0.3, 0.4) is 0 Å². The Labute approximate surface area is 201 Å². The van der Waals surface area contributed by atoms with E-state index in [1.807, 2.05) is 28.8 Å². The van der Waals surface area contributed by atoms with E-state index in [-0.39, 0.29) is 24.2 Å². The standard InChI is InChI=1S/C28H25F2N3O2/c1-2-32-10-9-21(15-32)33-26-8-3-17(12-25(26)31-28(33)34)11-24-22-6-4-19(29)13-18(22)16-35-27-14-20(30)5-7-23(24)27/h3-8,11-14,21H,2,9-10,15-16H2,1H3,(H,31,34)/b24-11+/t21-/m1/s1. The Balaban J connectivity index is 1.47. The molecule has 0 radical (unpaired) electrons. The molecule has 1 fully saturated rings. The van der Waals surface area contributed by atoms with Crippen LogP contribution in [0.2, 0.25) is 0 Å². The van der Waals surface area contributed by atoms with Crippen LogP contribution >= 0.6 is 0 Å². The molecule has 0 amide bonds. The summed E-state index contributed by atoms with van der Waals surface area (Å²) in [5.41, 5.74) is 5.48. The third-order valence-corrected chi connectivity index (χ3v) is 7.09. The molecule has 2 aliphatic rings. The first-order valence-corrected chi connectivity index (χ1v) is 11.9. The van der Waals surface area contributed by atoms with E-state index in [0.717, 1.165) is 59.4 Å². The van der Waals surface area contributed by atoms with Gasteiger partial charge in [-0.3, -0.25) is 4.57 Å². The van der Waals surface area contributed by atoms with Crippen LogP contribution in [-0.2, 0) is 6.61 Å². The molecule has 1 saturated heterocycles. The average molecular weight is 474 g/mol. The number of nitrogens with one attached hydrogen (secondary N) is 1. The summed E-state index contributed by atoms with van der Waals surface area (Å²) in [5, 5.41) is 0. The van der Waals surface area contributed by atoms with Crippen LogP contribution in [0.5, 0.6) is 5.75 Å². The Hall–Kier alpha value is -3.71. The van der Waals surface area contributed by atoms with Gasteiger partial charge in [0.15, 0.2) is 0 Å². The lowest BCUT2D eigenvalue weighted by Crippen LogP contribution is -2.26. The van der Waals surface area contributed by atoms with Crippen LogP contribution in [0, 0.1) is 11.6 Å². The number of hydrogen-bond acceptors (Lipinski definition) is 3. The lowest BCUT2D eigenvalue weighted by atomic mass is 9.92. The van der Waals surface area contributed by atoms with Crippen molar-refractivity contribution in [3.63, 3.8) is 0 Å². The van der Waals surface area contributed by atoms with E-state index in [2.05, 4.69) is 16.8 Å². The van der Waals surface area contributed by atoms with Gasteiger partial charge in [-0.25, -0.2) is 13.6 Å². The van der Waals surface area contributed by atoms with Crippen molar-refractivity contribution in [2.24, 2.45) is 0 Å². The second kappa shape index (κ2) is 8.50. The van der Waals surface area contributed by atoms with E-state index in [0.29, 0.717) is 11.3 Å². The fourth-order valence-electron chi connectivity index (χ4n) is 5.32. The molecule has 4 aromatic rings. The van der Waals surface area contributed by atoms with Gasteiger partial charge in [-0.1, -0.05) is 19.1 Å². The van der Waals surface area contributed by atoms with Crippen LogP contribution < -0.4 is 10.4 Å². The highest BCUT2D eigenvalue weighted by molar-refractivity contribution is 5.95. The smallest absolute Gasteiger partial charge is 0.326 e. The first-order chi connectivity index (χ1) is 17.0. The number of fused-ring (bicyclic) bond motifs is 3. The molecule has 6 rings (SSSR count). The summed E-state index contributed by atoms with van der Waals surface area (Å²) in [6.07, 6.45) is 2.93. The van der Waals surface area contributed by atoms with E-state index in [9.17, 15) is 13.6 Å². The molecule has 178 valence electrons. The van der Waals surface area contributed by atoms with Crippen LogP contribution in [0.25, 0.3) is 22.7 Å². The number of aromatic nitrogens is 2. The van der Waals surface area contributed by atoms with Crippen LogP contribution in [0.1, 0.15) is 41.6 Å². The van der Waals surface area contributed by atoms with Gasteiger partial charge in [0.25, 0.3) is 0 Å². The highest BCUT2D eigenvalue weighted by Crippen LogP contribution is 2.39. The summed E-state index contributed by atoms with van der Waals surface area (Å²) in [4.78, 5) is 18.2. The SMILES string of the molecule is CCN1CC[C@@H](n2c(=O)[nH]c3cc(/C=C4\c5ccc(F)cc5COc5cc(F)ccc54)ccc32)C1. The molecule has 3 aromatic carbocycles. The Kier molecular flexibility index (Phi) is 5.29. The third kappa shape index (κ3) is 3.86. The van der Waals surface area contributed by atoms with Gasteiger partial charge in [-0.2, -0.15) is 0 Å². The summed E-state index contributed by atoms with van der Waals surface area (Å²) >= 11 is 0. The molecule has 0 unspecified atom stereocenters. The van der Waals surface area contributed by atoms with Gasteiger partial charge in [0.1, 0.15) is 24.0 Å². The monoisotopic (exact) mass is 473 g/mol. The van der Waals surface area contributed by atoms with E-state index in [1.54, 1.807) is 12.1 Å². The minimum Gasteiger partial charge on any atom is -0.488 e. The first kappa shape index (κ1) is 21.8. The molecule has 0 bridgehead atoms. The van der Waals surface area contributed by atoms with Crippen molar-refractivity contribution in [2.45, 2.75) is 26.0 Å². The number of rotatable bonds is 3. The highest BCUT2D eigenvalue weighted by atomic mass is 19.1. The van der Waals surface area contributed by atoms with E-state index < -0.39 is 5.82 Å². The first-order valence-electron chi connectivity index (χ1n) is 11.9. The second-order valence-corrected chi connectivity index (χ2v) is 9.20. The number of H-pyrrole nitrogens is 1. The number of imidazole rings is 1. The topological polar surface area (TPSA) is 50.3 Å². The van der Waals surface area contributed by atoms with Crippen molar-refractivity contribution in [3.8, 4) is 5.75 Å². The number of likely N-dealkylation sites (tertiary alicyclic amines) is 1. The zero-order chi connectivity index (χ0) is 24.1. The number of likely N-dealkylation sites (N-methyl/N-ethyl adjacent to an activating group) is 1. The minimum absolute atomic E-state index is 0.0998. The summed E-state index contributed by atoms with van der Waals surface area (Å²) in [6, 6.07) is 15.1. The quantitative estimate of drug-likeness (QED) is 0.436. The fourth-order valence-corrected chi connectivity index (χ4v) is 5.32. The number of benzene rings is 3. The fraction of sp³-hybridized carbons (Fsp3) is 0.250. The molecular formula is C28H25F2N3O2. The van der Waals surface area contributed by atoms with Gasteiger partial charge in [-0.15, -0.1) is 0 Å². The second-order valence-electron chi connectivity index (χ2n) is 9.20. The lowest BCUT2D eigenvalue weighted by Gasteiger charge is -2.14. The Morgan fingerprint density at radius 1 is 1.06 bits per heavy atom. The molecule has 1 aromatic heterocycles.